The summed E-state index contributed by atoms with van der Waals surface area (Å²) in [5.41, 5.74) is -0.526. The SMILES string of the molecule is Cc1cc(CNC(=O)c2nc3n(c(=O)c2O)CC2CCC3(NC(=O)Nc3cccnc3)CC2)ccc1F. The fourth-order valence-electron chi connectivity index (χ4n) is 5.15. The number of aromatic nitrogens is 3. The van der Waals surface area contributed by atoms with Crippen LogP contribution in [0.4, 0.5) is 14.9 Å². The minimum atomic E-state index is -0.991. The van der Waals surface area contributed by atoms with E-state index in [4.69, 9.17) is 0 Å². The first-order chi connectivity index (χ1) is 17.8. The Hall–Kier alpha value is -4.28. The fraction of sp³-hybridized carbons (Fsp3) is 0.346. The number of benzene rings is 1. The van der Waals surface area contributed by atoms with Crippen molar-refractivity contribution in [3.8, 4) is 5.75 Å². The number of halogens is 1. The van der Waals surface area contributed by atoms with Crippen molar-refractivity contribution in [2.45, 2.75) is 51.2 Å². The summed E-state index contributed by atoms with van der Waals surface area (Å²) in [5, 5.41) is 19.0. The Morgan fingerprint density at radius 3 is 2.73 bits per heavy atom. The van der Waals surface area contributed by atoms with E-state index in [1.165, 1.54) is 16.8 Å². The third kappa shape index (κ3) is 4.76. The number of carbonyl (C=O) groups is 2. The molecule has 1 saturated carbocycles. The molecule has 0 saturated heterocycles. The molecule has 0 radical (unpaired) electrons. The van der Waals surface area contributed by atoms with E-state index in [2.05, 4.69) is 25.9 Å². The quantitative estimate of drug-likeness (QED) is 0.420. The molecule has 0 atom stereocenters. The number of aromatic hydroxyl groups is 1. The van der Waals surface area contributed by atoms with Crippen LogP contribution in [-0.4, -0.2) is 31.6 Å². The summed E-state index contributed by atoms with van der Waals surface area (Å²) >= 11 is 0. The number of aryl methyl sites for hydroxylation is 1. The van der Waals surface area contributed by atoms with Crippen LogP contribution >= 0.6 is 0 Å². The van der Waals surface area contributed by atoms with Gasteiger partial charge in [0.2, 0.25) is 5.75 Å². The molecule has 37 heavy (non-hydrogen) atoms. The molecule has 0 spiro atoms. The molecule has 2 aromatic heterocycles. The van der Waals surface area contributed by atoms with Crippen molar-refractivity contribution in [3.63, 3.8) is 0 Å². The van der Waals surface area contributed by atoms with Crippen molar-refractivity contribution in [2.24, 2.45) is 5.92 Å². The number of pyridine rings is 1. The van der Waals surface area contributed by atoms with Crippen LogP contribution in [-0.2, 0) is 18.6 Å². The Kier molecular flexibility index (Phi) is 6.36. The zero-order valence-electron chi connectivity index (χ0n) is 20.3. The van der Waals surface area contributed by atoms with E-state index in [0.717, 1.165) is 12.8 Å². The average molecular weight is 507 g/mol. The first-order valence-corrected chi connectivity index (χ1v) is 12.1. The van der Waals surface area contributed by atoms with E-state index < -0.39 is 34.5 Å². The Balaban J connectivity index is 1.45. The van der Waals surface area contributed by atoms with Gasteiger partial charge in [0.25, 0.3) is 11.5 Å². The van der Waals surface area contributed by atoms with Gasteiger partial charge >= 0.3 is 6.03 Å². The van der Waals surface area contributed by atoms with Crippen LogP contribution in [0.25, 0.3) is 0 Å². The number of urea groups is 1. The van der Waals surface area contributed by atoms with E-state index in [9.17, 15) is 23.9 Å². The molecular formula is C26H27FN6O4. The molecule has 3 aliphatic rings. The highest BCUT2D eigenvalue weighted by molar-refractivity contribution is 5.94. The maximum atomic E-state index is 13.6. The van der Waals surface area contributed by atoms with Crippen molar-refractivity contribution in [1.82, 2.24) is 25.2 Å². The van der Waals surface area contributed by atoms with E-state index in [1.54, 1.807) is 37.4 Å². The van der Waals surface area contributed by atoms with Gasteiger partial charge in [-0.2, -0.15) is 0 Å². The second kappa shape index (κ2) is 9.64. The van der Waals surface area contributed by atoms with Crippen molar-refractivity contribution in [3.05, 3.63) is 81.5 Å². The minimum absolute atomic E-state index is 0.0540. The Morgan fingerprint density at radius 1 is 1.24 bits per heavy atom. The molecule has 2 bridgehead atoms. The number of hydrogen-bond donors (Lipinski definition) is 4. The van der Waals surface area contributed by atoms with Gasteiger partial charge in [0.05, 0.1) is 17.4 Å². The molecule has 2 aliphatic heterocycles. The van der Waals surface area contributed by atoms with Gasteiger partial charge in [0.15, 0.2) is 5.69 Å². The summed E-state index contributed by atoms with van der Waals surface area (Å²) in [5.74, 6) is -1.40. The Bertz CT molecular complexity index is 1420. The monoisotopic (exact) mass is 506 g/mol. The number of amides is 3. The van der Waals surface area contributed by atoms with Crippen molar-refractivity contribution in [2.75, 3.05) is 5.32 Å². The van der Waals surface area contributed by atoms with Gasteiger partial charge in [-0.1, -0.05) is 12.1 Å². The highest BCUT2D eigenvalue weighted by Crippen LogP contribution is 2.43. The molecule has 6 rings (SSSR count). The second-order valence-electron chi connectivity index (χ2n) is 9.66. The lowest BCUT2D eigenvalue weighted by molar-refractivity contribution is 0.0941. The van der Waals surface area contributed by atoms with Gasteiger partial charge in [-0.05, 0) is 67.9 Å². The normalized spacial score (nSPS) is 20.0. The predicted octanol–water partition coefficient (Wildman–Crippen LogP) is 2.94. The summed E-state index contributed by atoms with van der Waals surface area (Å²) in [7, 11) is 0. The standard InChI is InChI=1S/C26H27FN6O4/c1-15-11-17(4-5-19(15)27)12-29-22(35)20-21(34)23(36)33-14-16-6-8-26(9-7-16,24(33)31-20)32-25(37)30-18-3-2-10-28-13-18/h2-5,10-11,13,16,34H,6-9,12,14H2,1H3,(H,29,35)(H2,30,32,37). The first kappa shape index (κ1) is 24.4. The first-order valence-electron chi connectivity index (χ1n) is 12.1. The van der Waals surface area contributed by atoms with Crippen LogP contribution in [0.1, 0.15) is 53.1 Å². The van der Waals surface area contributed by atoms with Crippen LogP contribution in [0.15, 0.2) is 47.5 Å². The van der Waals surface area contributed by atoms with Crippen LogP contribution in [0.5, 0.6) is 5.75 Å². The highest BCUT2D eigenvalue weighted by Gasteiger charge is 2.46. The molecule has 3 amide bonds. The van der Waals surface area contributed by atoms with Gasteiger partial charge in [-0.3, -0.25) is 19.1 Å². The third-order valence-corrected chi connectivity index (χ3v) is 7.14. The molecule has 0 unspecified atom stereocenters. The van der Waals surface area contributed by atoms with Gasteiger partial charge in [-0.15, -0.1) is 0 Å². The topological polar surface area (TPSA) is 138 Å². The molecule has 1 aliphatic carbocycles. The largest absolute Gasteiger partial charge is 0.501 e. The smallest absolute Gasteiger partial charge is 0.320 e. The molecular weight excluding hydrogens is 479 g/mol. The van der Waals surface area contributed by atoms with Gasteiger partial charge < -0.3 is 21.1 Å². The van der Waals surface area contributed by atoms with E-state index in [1.807, 2.05) is 0 Å². The average Bonchev–Trinajstić information content (AvgIpc) is 3.13. The summed E-state index contributed by atoms with van der Waals surface area (Å²) in [6.07, 6.45) is 5.68. The van der Waals surface area contributed by atoms with Crippen LogP contribution < -0.4 is 21.5 Å². The maximum absolute atomic E-state index is 13.6. The molecule has 192 valence electrons. The molecule has 4 heterocycles. The van der Waals surface area contributed by atoms with E-state index in [-0.39, 0.29) is 24.1 Å². The zero-order valence-corrected chi connectivity index (χ0v) is 20.3. The Labute approximate surface area is 212 Å². The maximum Gasteiger partial charge on any atom is 0.320 e. The van der Waals surface area contributed by atoms with Gasteiger partial charge in [-0.25, -0.2) is 14.2 Å². The van der Waals surface area contributed by atoms with Crippen LogP contribution in [0.2, 0.25) is 0 Å². The minimum Gasteiger partial charge on any atom is -0.501 e. The van der Waals surface area contributed by atoms with Gasteiger partial charge in [0.1, 0.15) is 11.6 Å². The van der Waals surface area contributed by atoms with Crippen molar-refractivity contribution < 1.29 is 19.1 Å². The molecule has 4 N–H and O–H groups in total. The zero-order chi connectivity index (χ0) is 26.2. The highest BCUT2D eigenvalue weighted by atomic mass is 19.1. The molecule has 1 aromatic carbocycles. The van der Waals surface area contributed by atoms with Crippen molar-refractivity contribution >= 4 is 17.6 Å². The summed E-state index contributed by atoms with van der Waals surface area (Å²) in [4.78, 5) is 47.6. The van der Waals surface area contributed by atoms with E-state index >= 15 is 0 Å². The summed E-state index contributed by atoms with van der Waals surface area (Å²) in [6, 6.07) is 7.37. The summed E-state index contributed by atoms with van der Waals surface area (Å²) < 4.78 is 15.0. The molecule has 3 aromatic rings. The Morgan fingerprint density at radius 2 is 2.03 bits per heavy atom. The number of nitrogens with one attached hydrogen (secondary N) is 3. The number of carbonyl (C=O) groups excluding carboxylic acids is 2. The number of nitrogens with zero attached hydrogens (tertiary/aromatic N) is 3. The van der Waals surface area contributed by atoms with E-state index in [0.29, 0.717) is 36.2 Å². The van der Waals surface area contributed by atoms with Crippen LogP contribution in [0.3, 0.4) is 0 Å². The molecule has 10 nitrogen and oxygen atoms in total. The predicted molar refractivity (Wildman–Crippen MR) is 132 cm³/mol. The lowest BCUT2D eigenvalue weighted by atomic mass is 9.77. The summed E-state index contributed by atoms with van der Waals surface area (Å²) in [6.45, 7) is 2.02. The number of rotatable bonds is 5. The molecule has 11 heteroatoms. The fourth-order valence-corrected chi connectivity index (χ4v) is 5.15. The van der Waals surface area contributed by atoms with Crippen molar-refractivity contribution in [1.29, 1.82) is 0 Å². The lowest BCUT2D eigenvalue weighted by Gasteiger charge is -2.37. The van der Waals surface area contributed by atoms with Gasteiger partial charge in [0, 0.05) is 19.3 Å². The third-order valence-electron chi connectivity index (χ3n) is 7.14. The number of hydrogen-bond acceptors (Lipinski definition) is 6. The number of anilines is 1. The number of fused-ring (bicyclic) bond motifs is 2. The van der Waals surface area contributed by atoms with Crippen LogP contribution in [0, 0.1) is 18.7 Å². The second-order valence-corrected chi connectivity index (χ2v) is 9.66. The lowest BCUT2D eigenvalue weighted by Crippen LogP contribution is -2.51. The molecule has 1 fully saturated rings.